The second-order valence-electron chi connectivity index (χ2n) is 7.11. The van der Waals surface area contributed by atoms with Gasteiger partial charge in [-0.2, -0.15) is 0 Å². The van der Waals surface area contributed by atoms with Gasteiger partial charge in [0.1, 0.15) is 0 Å². The molecule has 4 unspecified atom stereocenters. The zero-order chi connectivity index (χ0) is 13.2. The summed E-state index contributed by atoms with van der Waals surface area (Å²) in [6, 6.07) is 0. The fraction of sp³-hybridized carbons (Fsp3) is 0.812. The summed E-state index contributed by atoms with van der Waals surface area (Å²) in [6.07, 6.45) is 6.57. The minimum Gasteiger partial charge on any atom is -0.504 e. The molecule has 19 heavy (non-hydrogen) atoms. The van der Waals surface area contributed by atoms with Gasteiger partial charge in [0, 0.05) is 11.5 Å². The number of piperidine rings is 2. The Hall–Kier alpha value is -0.830. The first-order chi connectivity index (χ1) is 9.14. The zero-order valence-electron chi connectivity index (χ0n) is 11.7. The van der Waals surface area contributed by atoms with Crippen molar-refractivity contribution in [2.45, 2.75) is 51.0 Å². The molecule has 2 aliphatic carbocycles. The number of hydrogen-bond donors (Lipinski definition) is 1. The first kappa shape index (κ1) is 12.0. The third-order valence-corrected chi connectivity index (χ3v) is 6.16. The van der Waals surface area contributed by atoms with Crippen molar-refractivity contribution in [3.05, 3.63) is 11.3 Å². The SMILES string of the molecule is CC1CC2C(=O)C(O)=C3CCCN4CCCC2C34C1. The minimum atomic E-state index is 0.0524. The molecule has 0 aromatic heterocycles. The molecule has 2 bridgehead atoms. The molecular formula is C16H23NO2. The van der Waals surface area contributed by atoms with Gasteiger partial charge in [-0.1, -0.05) is 6.92 Å². The van der Waals surface area contributed by atoms with E-state index in [1.165, 1.54) is 12.8 Å². The maximum Gasteiger partial charge on any atom is 0.200 e. The number of nitrogens with zero attached hydrogens (tertiary/aromatic N) is 1. The van der Waals surface area contributed by atoms with Crippen LogP contribution < -0.4 is 0 Å². The number of ketones is 1. The number of rotatable bonds is 0. The molecule has 0 amide bonds. The molecule has 1 N–H and O–H groups in total. The molecule has 4 aliphatic rings. The summed E-state index contributed by atoms with van der Waals surface area (Å²) in [5, 5.41) is 10.4. The topological polar surface area (TPSA) is 40.5 Å². The molecule has 3 fully saturated rings. The monoisotopic (exact) mass is 261 g/mol. The van der Waals surface area contributed by atoms with Crippen molar-refractivity contribution >= 4 is 5.78 Å². The molecule has 0 aromatic rings. The molecule has 2 heterocycles. The summed E-state index contributed by atoms with van der Waals surface area (Å²) in [6.45, 7) is 4.59. The van der Waals surface area contributed by atoms with Crippen LogP contribution in [0.3, 0.4) is 0 Å². The molecule has 2 saturated heterocycles. The fourth-order valence-corrected chi connectivity index (χ4v) is 5.65. The largest absolute Gasteiger partial charge is 0.504 e. The van der Waals surface area contributed by atoms with E-state index in [4.69, 9.17) is 0 Å². The van der Waals surface area contributed by atoms with Gasteiger partial charge in [-0.3, -0.25) is 9.69 Å². The number of hydrogen-bond acceptors (Lipinski definition) is 3. The normalized spacial score (nSPS) is 46.2. The molecule has 3 heteroatoms. The van der Waals surface area contributed by atoms with Crippen LogP contribution in [0.1, 0.15) is 45.4 Å². The Morgan fingerprint density at radius 1 is 1.32 bits per heavy atom. The Bertz CT molecular complexity index is 467. The Morgan fingerprint density at radius 2 is 2.11 bits per heavy atom. The number of aliphatic hydroxyl groups excluding tert-OH is 1. The molecule has 3 nitrogen and oxygen atoms in total. The van der Waals surface area contributed by atoms with Crippen LogP contribution in [0.15, 0.2) is 11.3 Å². The van der Waals surface area contributed by atoms with Crippen molar-refractivity contribution < 1.29 is 9.90 Å². The van der Waals surface area contributed by atoms with Crippen LogP contribution in [0, 0.1) is 17.8 Å². The average Bonchev–Trinajstić information content (AvgIpc) is 2.40. The lowest BCUT2D eigenvalue weighted by Gasteiger charge is -2.63. The van der Waals surface area contributed by atoms with Gasteiger partial charge in [0.2, 0.25) is 5.78 Å². The second kappa shape index (κ2) is 3.85. The maximum atomic E-state index is 12.5. The molecule has 2 aliphatic heterocycles. The number of Topliss-reactive ketones (excluding diaryl/α,β-unsaturated/α-hetero) is 1. The van der Waals surface area contributed by atoms with Gasteiger partial charge < -0.3 is 5.11 Å². The fourth-order valence-electron chi connectivity index (χ4n) is 5.65. The van der Waals surface area contributed by atoms with Gasteiger partial charge in [-0.25, -0.2) is 0 Å². The van der Waals surface area contributed by atoms with Crippen LogP contribution in [0.4, 0.5) is 0 Å². The van der Waals surface area contributed by atoms with Crippen molar-refractivity contribution in [2.24, 2.45) is 17.8 Å². The average molecular weight is 261 g/mol. The van der Waals surface area contributed by atoms with Gasteiger partial charge in [0.15, 0.2) is 5.76 Å². The van der Waals surface area contributed by atoms with Gasteiger partial charge in [-0.05, 0) is 69.0 Å². The highest BCUT2D eigenvalue weighted by Crippen LogP contribution is 2.58. The summed E-state index contributed by atoms with van der Waals surface area (Å²) in [5.41, 5.74) is 1.16. The summed E-state index contributed by atoms with van der Waals surface area (Å²) in [7, 11) is 0. The van der Waals surface area contributed by atoms with E-state index in [0.717, 1.165) is 44.3 Å². The molecule has 4 atom stereocenters. The van der Waals surface area contributed by atoms with E-state index in [9.17, 15) is 9.90 Å². The third-order valence-electron chi connectivity index (χ3n) is 6.16. The molecular weight excluding hydrogens is 238 g/mol. The Balaban J connectivity index is 1.94. The van der Waals surface area contributed by atoms with Crippen LogP contribution in [0.5, 0.6) is 0 Å². The van der Waals surface area contributed by atoms with E-state index in [-0.39, 0.29) is 23.0 Å². The number of allylic oxidation sites excluding steroid dienone is 1. The van der Waals surface area contributed by atoms with Crippen LogP contribution in [0.2, 0.25) is 0 Å². The summed E-state index contributed by atoms with van der Waals surface area (Å²) in [4.78, 5) is 15.1. The molecule has 1 spiro atoms. The Labute approximate surface area is 114 Å². The molecule has 0 radical (unpaired) electrons. The van der Waals surface area contributed by atoms with Crippen LogP contribution in [-0.4, -0.2) is 34.4 Å². The van der Waals surface area contributed by atoms with E-state index in [1.54, 1.807) is 0 Å². The molecule has 1 saturated carbocycles. The molecule has 4 rings (SSSR count). The van der Waals surface area contributed by atoms with E-state index in [2.05, 4.69) is 11.8 Å². The number of carbonyl (C=O) groups is 1. The summed E-state index contributed by atoms with van der Waals surface area (Å²) < 4.78 is 0. The number of carbonyl (C=O) groups excluding carboxylic acids is 1. The van der Waals surface area contributed by atoms with Gasteiger partial charge in [-0.15, -0.1) is 0 Å². The van der Waals surface area contributed by atoms with Gasteiger partial charge >= 0.3 is 0 Å². The predicted octanol–water partition coefficient (Wildman–Crippen LogP) is 2.67. The van der Waals surface area contributed by atoms with Crippen LogP contribution in [0.25, 0.3) is 0 Å². The van der Waals surface area contributed by atoms with Crippen molar-refractivity contribution in [2.75, 3.05) is 13.1 Å². The Morgan fingerprint density at radius 3 is 2.95 bits per heavy atom. The number of aliphatic hydroxyl groups is 1. The van der Waals surface area contributed by atoms with Crippen molar-refractivity contribution in [1.82, 2.24) is 4.90 Å². The van der Waals surface area contributed by atoms with E-state index >= 15 is 0 Å². The van der Waals surface area contributed by atoms with E-state index in [0.29, 0.717) is 11.8 Å². The van der Waals surface area contributed by atoms with Crippen molar-refractivity contribution in [3.63, 3.8) is 0 Å². The first-order valence-corrected chi connectivity index (χ1v) is 7.86. The first-order valence-electron chi connectivity index (χ1n) is 7.86. The minimum absolute atomic E-state index is 0.0524. The lowest BCUT2D eigenvalue weighted by atomic mass is 9.52. The quantitative estimate of drug-likeness (QED) is 0.729. The standard InChI is InChI=1S/C16H23NO2/c1-10-8-11-12-4-2-6-17-7-3-5-13(15(19)14(11)18)16(12,17)9-10/h10-12,19H,2-9H2,1H3. The lowest BCUT2D eigenvalue weighted by molar-refractivity contribution is -0.139. The van der Waals surface area contributed by atoms with Gasteiger partial charge in [0.25, 0.3) is 0 Å². The summed E-state index contributed by atoms with van der Waals surface area (Å²) in [5.74, 6) is 1.39. The van der Waals surface area contributed by atoms with Crippen molar-refractivity contribution in [3.8, 4) is 0 Å². The van der Waals surface area contributed by atoms with E-state index < -0.39 is 0 Å². The third kappa shape index (κ3) is 1.35. The maximum absolute atomic E-state index is 12.5. The summed E-state index contributed by atoms with van der Waals surface area (Å²) >= 11 is 0. The highest BCUT2D eigenvalue weighted by Gasteiger charge is 2.61. The van der Waals surface area contributed by atoms with Crippen LogP contribution >= 0.6 is 0 Å². The Kier molecular flexibility index (Phi) is 2.42. The highest BCUT2D eigenvalue weighted by molar-refractivity contribution is 5.98. The van der Waals surface area contributed by atoms with Crippen molar-refractivity contribution in [1.29, 1.82) is 0 Å². The highest BCUT2D eigenvalue weighted by atomic mass is 16.3. The predicted molar refractivity (Wildman–Crippen MR) is 72.8 cm³/mol. The van der Waals surface area contributed by atoms with Gasteiger partial charge in [0.05, 0.1) is 0 Å². The molecule has 104 valence electrons. The second-order valence-corrected chi connectivity index (χ2v) is 7.11. The lowest BCUT2D eigenvalue weighted by Crippen LogP contribution is -2.67. The molecule has 0 aromatic carbocycles. The van der Waals surface area contributed by atoms with Crippen LogP contribution in [-0.2, 0) is 4.79 Å². The smallest absolute Gasteiger partial charge is 0.200 e. The zero-order valence-corrected chi connectivity index (χ0v) is 11.7. The van der Waals surface area contributed by atoms with E-state index in [1.807, 2.05) is 0 Å².